The third-order valence-electron chi connectivity index (χ3n) is 3.45. The summed E-state index contributed by atoms with van der Waals surface area (Å²) in [6.45, 7) is 2.87. The van der Waals surface area contributed by atoms with E-state index in [-0.39, 0.29) is 0 Å². The topological polar surface area (TPSA) is 43.8 Å². The van der Waals surface area contributed by atoms with Crippen molar-refractivity contribution in [3.8, 4) is 0 Å². The van der Waals surface area contributed by atoms with E-state index in [4.69, 9.17) is 17.3 Å². The first-order chi connectivity index (χ1) is 9.69. The number of benzene rings is 2. The Kier molecular flexibility index (Phi) is 3.36. The van der Waals surface area contributed by atoms with Gasteiger partial charge >= 0.3 is 0 Å². The lowest BCUT2D eigenvalue weighted by Gasteiger charge is -2.09. The van der Waals surface area contributed by atoms with E-state index >= 15 is 0 Å². The van der Waals surface area contributed by atoms with Crippen molar-refractivity contribution >= 4 is 28.3 Å². The summed E-state index contributed by atoms with van der Waals surface area (Å²) in [5, 5.41) is 0.597. The van der Waals surface area contributed by atoms with E-state index in [1.54, 1.807) is 0 Å². The molecule has 0 fully saturated rings. The van der Waals surface area contributed by atoms with Gasteiger partial charge < -0.3 is 10.3 Å². The average Bonchev–Trinajstić information content (AvgIpc) is 2.81. The molecule has 2 aromatic carbocycles. The Bertz CT molecular complexity index is 762. The van der Waals surface area contributed by atoms with Gasteiger partial charge in [-0.2, -0.15) is 0 Å². The number of halogens is 1. The van der Waals surface area contributed by atoms with Crippen molar-refractivity contribution in [2.45, 2.75) is 19.9 Å². The summed E-state index contributed by atoms with van der Waals surface area (Å²) in [6, 6.07) is 14.0. The van der Waals surface area contributed by atoms with Gasteiger partial charge in [0.2, 0.25) is 0 Å². The summed E-state index contributed by atoms with van der Waals surface area (Å²) in [4.78, 5) is 4.67. The molecule has 0 saturated heterocycles. The van der Waals surface area contributed by atoms with Crippen LogP contribution in [0, 0.1) is 0 Å². The van der Waals surface area contributed by atoms with Crippen LogP contribution in [-0.2, 0) is 13.0 Å². The molecule has 0 atom stereocenters. The molecule has 3 nitrogen and oxygen atoms in total. The molecule has 0 unspecified atom stereocenters. The number of imidazole rings is 1. The molecule has 0 aliphatic carbocycles. The molecule has 3 rings (SSSR count). The zero-order valence-corrected chi connectivity index (χ0v) is 12.1. The first-order valence-electron chi connectivity index (χ1n) is 6.67. The molecule has 0 aliphatic heterocycles. The highest BCUT2D eigenvalue weighted by Crippen LogP contribution is 2.22. The zero-order chi connectivity index (χ0) is 14.1. The van der Waals surface area contributed by atoms with Crippen LogP contribution in [0.2, 0.25) is 5.02 Å². The molecule has 4 heteroatoms. The SMILES string of the molecule is CCc1nc2ccccc2n1Cc1ccc(Cl)c(N)c1. The number of rotatable bonds is 3. The fourth-order valence-corrected chi connectivity index (χ4v) is 2.56. The average molecular weight is 286 g/mol. The minimum absolute atomic E-state index is 0.597. The number of nitrogens with zero attached hydrogens (tertiary/aromatic N) is 2. The quantitative estimate of drug-likeness (QED) is 0.742. The van der Waals surface area contributed by atoms with Gasteiger partial charge in [-0.3, -0.25) is 0 Å². The highest BCUT2D eigenvalue weighted by Gasteiger charge is 2.09. The third-order valence-corrected chi connectivity index (χ3v) is 3.80. The van der Waals surface area contributed by atoms with Crippen LogP contribution in [0.1, 0.15) is 18.3 Å². The van der Waals surface area contributed by atoms with Gasteiger partial charge in [0.15, 0.2) is 0 Å². The van der Waals surface area contributed by atoms with E-state index < -0.39 is 0 Å². The van der Waals surface area contributed by atoms with Gasteiger partial charge in [-0.05, 0) is 29.8 Å². The zero-order valence-electron chi connectivity index (χ0n) is 11.3. The molecule has 0 radical (unpaired) electrons. The Labute approximate surface area is 123 Å². The van der Waals surface area contributed by atoms with Crippen LogP contribution in [0.25, 0.3) is 11.0 Å². The summed E-state index contributed by atoms with van der Waals surface area (Å²) >= 11 is 5.97. The van der Waals surface area contributed by atoms with Gasteiger partial charge in [0, 0.05) is 13.0 Å². The number of aryl methyl sites for hydroxylation is 1. The Balaban J connectivity index is 2.07. The molecule has 2 N–H and O–H groups in total. The Morgan fingerprint density at radius 2 is 2.00 bits per heavy atom. The lowest BCUT2D eigenvalue weighted by atomic mass is 10.2. The molecule has 0 bridgehead atoms. The van der Waals surface area contributed by atoms with Gasteiger partial charge in [-0.1, -0.05) is 36.7 Å². The highest BCUT2D eigenvalue weighted by molar-refractivity contribution is 6.33. The predicted octanol–water partition coefficient (Wildman–Crippen LogP) is 3.88. The molecular weight excluding hydrogens is 270 g/mol. The van der Waals surface area contributed by atoms with Gasteiger partial charge in [0.05, 0.1) is 21.7 Å². The minimum Gasteiger partial charge on any atom is -0.398 e. The molecule has 1 aromatic heterocycles. The van der Waals surface area contributed by atoms with E-state index in [1.807, 2.05) is 36.4 Å². The summed E-state index contributed by atoms with van der Waals surface area (Å²) in [6.07, 6.45) is 0.901. The largest absolute Gasteiger partial charge is 0.398 e. The van der Waals surface area contributed by atoms with Crippen molar-refractivity contribution < 1.29 is 0 Å². The number of hydrogen-bond donors (Lipinski definition) is 1. The van der Waals surface area contributed by atoms with Crippen LogP contribution in [-0.4, -0.2) is 9.55 Å². The van der Waals surface area contributed by atoms with Crippen LogP contribution in [0.4, 0.5) is 5.69 Å². The maximum Gasteiger partial charge on any atom is 0.109 e. The third kappa shape index (κ3) is 2.25. The van der Waals surface area contributed by atoms with Crippen LogP contribution < -0.4 is 5.73 Å². The van der Waals surface area contributed by atoms with Gasteiger partial charge in [0.25, 0.3) is 0 Å². The molecule has 1 heterocycles. The lowest BCUT2D eigenvalue weighted by Crippen LogP contribution is -2.04. The lowest BCUT2D eigenvalue weighted by molar-refractivity contribution is 0.753. The van der Waals surface area contributed by atoms with Crippen LogP contribution in [0.3, 0.4) is 0 Å². The normalized spacial score (nSPS) is 11.1. The Morgan fingerprint density at radius 1 is 1.20 bits per heavy atom. The van der Waals surface area contributed by atoms with Gasteiger partial charge in [-0.25, -0.2) is 4.98 Å². The predicted molar refractivity (Wildman–Crippen MR) is 84.1 cm³/mol. The standard InChI is InChI=1S/C16H16ClN3/c1-2-16-19-14-5-3-4-6-15(14)20(16)10-11-7-8-12(17)13(18)9-11/h3-9H,2,10,18H2,1H3. The van der Waals surface area contributed by atoms with E-state index in [0.717, 1.165) is 35.4 Å². The van der Waals surface area contributed by atoms with E-state index in [2.05, 4.69) is 22.5 Å². The van der Waals surface area contributed by atoms with Crippen molar-refractivity contribution in [3.63, 3.8) is 0 Å². The molecule has 3 aromatic rings. The van der Waals surface area contributed by atoms with Gasteiger partial charge in [0.1, 0.15) is 5.82 Å². The smallest absolute Gasteiger partial charge is 0.109 e. The number of para-hydroxylation sites is 2. The molecule has 102 valence electrons. The number of nitrogens with two attached hydrogens (primary N) is 1. The molecule has 0 spiro atoms. The first-order valence-corrected chi connectivity index (χ1v) is 7.05. The second kappa shape index (κ2) is 5.17. The second-order valence-corrected chi connectivity index (χ2v) is 5.22. The van der Waals surface area contributed by atoms with Crippen molar-refractivity contribution in [3.05, 3.63) is 58.9 Å². The maximum atomic E-state index is 5.97. The molecule has 0 amide bonds. The Hall–Kier alpha value is -2.00. The van der Waals surface area contributed by atoms with Crippen molar-refractivity contribution in [2.75, 3.05) is 5.73 Å². The highest BCUT2D eigenvalue weighted by atomic mass is 35.5. The van der Waals surface area contributed by atoms with Crippen molar-refractivity contribution in [2.24, 2.45) is 0 Å². The monoisotopic (exact) mass is 285 g/mol. The minimum atomic E-state index is 0.597. The summed E-state index contributed by atoms with van der Waals surface area (Å²) in [5.74, 6) is 1.08. The summed E-state index contributed by atoms with van der Waals surface area (Å²) in [7, 11) is 0. The fourth-order valence-electron chi connectivity index (χ4n) is 2.45. The molecule has 0 saturated carbocycles. The summed E-state index contributed by atoms with van der Waals surface area (Å²) in [5.41, 5.74) is 9.81. The van der Waals surface area contributed by atoms with E-state index in [9.17, 15) is 0 Å². The van der Waals surface area contributed by atoms with Crippen LogP contribution in [0.15, 0.2) is 42.5 Å². The number of nitrogen functional groups attached to an aromatic ring is 1. The fraction of sp³-hybridized carbons (Fsp3) is 0.188. The maximum absolute atomic E-state index is 5.97. The van der Waals surface area contributed by atoms with Gasteiger partial charge in [-0.15, -0.1) is 0 Å². The van der Waals surface area contributed by atoms with Crippen molar-refractivity contribution in [1.29, 1.82) is 0 Å². The van der Waals surface area contributed by atoms with E-state index in [1.165, 1.54) is 0 Å². The van der Waals surface area contributed by atoms with Crippen molar-refractivity contribution in [1.82, 2.24) is 9.55 Å². The molecule has 20 heavy (non-hydrogen) atoms. The van der Waals surface area contributed by atoms with E-state index in [0.29, 0.717) is 10.7 Å². The second-order valence-electron chi connectivity index (χ2n) is 4.81. The molecule has 0 aliphatic rings. The van der Waals surface area contributed by atoms with Crippen LogP contribution in [0.5, 0.6) is 0 Å². The number of anilines is 1. The first kappa shape index (κ1) is 13.0. The molecular formula is C16H16ClN3. The number of aromatic nitrogens is 2. The summed E-state index contributed by atoms with van der Waals surface area (Å²) < 4.78 is 2.23. The number of hydrogen-bond acceptors (Lipinski definition) is 2. The van der Waals surface area contributed by atoms with Crippen LogP contribution >= 0.6 is 11.6 Å². The number of fused-ring (bicyclic) bond motifs is 1. The Morgan fingerprint density at radius 3 is 2.75 bits per heavy atom.